The first-order valence-corrected chi connectivity index (χ1v) is 14.1. The molecule has 0 saturated carbocycles. The van der Waals surface area contributed by atoms with Crippen LogP contribution < -0.4 is 10.2 Å². The maximum Gasteiger partial charge on any atom is 0.332 e. The Bertz CT molecular complexity index is 1350. The molecule has 1 unspecified atom stereocenters. The van der Waals surface area contributed by atoms with E-state index in [1.54, 1.807) is 12.1 Å². The summed E-state index contributed by atoms with van der Waals surface area (Å²) in [7, 11) is 4.73. The summed E-state index contributed by atoms with van der Waals surface area (Å²) in [5.41, 5.74) is 0.432. The number of carbonyl (C=O) groups excluding carboxylic acids is 6. The minimum Gasteiger partial charge on any atom is -0.364 e. The van der Waals surface area contributed by atoms with Crippen molar-refractivity contribution in [1.82, 2.24) is 24.9 Å². The highest BCUT2D eigenvalue weighted by Crippen LogP contribution is 2.47. The van der Waals surface area contributed by atoms with Crippen LogP contribution in [-0.2, 0) is 25.6 Å². The molecule has 0 aromatic heterocycles. The van der Waals surface area contributed by atoms with Gasteiger partial charge in [-0.05, 0) is 49.2 Å². The molecule has 4 aliphatic heterocycles. The molecule has 12 nitrogen and oxygen atoms in total. The summed E-state index contributed by atoms with van der Waals surface area (Å²) in [6.45, 7) is 4.06. The topological polar surface area (TPSA) is 131 Å². The molecule has 12 heteroatoms. The van der Waals surface area contributed by atoms with Crippen LogP contribution >= 0.6 is 0 Å². The second kappa shape index (κ2) is 10.7. The third-order valence-electron chi connectivity index (χ3n) is 8.71. The van der Waals surface area contributed by atoms with Crippen molar-refractivity contribution in [3.05, 3.63) is 34.9 Å². The average molecular weight is 565 g/mol. The lowest BCUT2D eigenvalue weighted by Gasteiger charge is -2.55. The number of rotatable bonds is 6. The largest absolute Gasteiger partial charge is 0.364 e. The van der Waals surface area contributed by atoms with Crippen LogP contribution in [0.4, 0.5) is 15.3 Å². The first kappa shape index (κ1) is 28.5. The van der Waals surface area contributed by atoms with Gasteiger partial charge in [-0.2, -0.15) is 0 Å². The molecule has 4 aliphatic rings. The Hall–Kier alpha value is -4.06. The molecule has 218 valence electrons. The van der Waals surface area contributed by atoms with Crippen molar-refractivity contribution in [3.8, 4) is 0 Å². The highest BCUT2D eigenvalue weighted by atomic mass is 16.2. The molecule has 1 aromatic carbocycles. The zero-order valence-corrected chi connectivity index (χ0v) is 23.9. The minimum atomic E-state index is -1.51. The van der Waals surface area contributed by atoms with Crippen LogP contribution in [0, 0.1) is 5.41 Å². The molecule has 0 aliphatic carbocycles. The van der Waals surface area contributed by atoms with Gasteiger partial charge in [0.25, 0.3) is 11.8 Å². The number of amides is 8. The summed E-state index contributed by atoms with van der Waals surface area (Å²) in [5.74, 6) is -2.49. The number of hydrogen-bond donors (Lipinski definition) is 1. The Balaban J connectivity index is 1.52. The third kappa shape index (κ3) is 4.59. The number of carbonyl (C=O) groups is 6. The number of fused-ring (bicyclic) bond motifs is 4. The molecule has 1 spiro atoms. The fourth-order valence-corrected chi connectivity index (χ4v) is 6.45. The monoisotopic (exact) mass is 564 g/mol. The Morgan fingerprint density at radius 3 is 2.34 bits per heavy atom. The molecular weight excluding hydrogens is 528 g/mol. The number of imide groups is 4. The van der Waals surface area contributed by atoms with Crippen LogP contribution in [0.2, 0.25) is 0 Å². The summed E-state index contributed by atoms with van der Waals surface area (Å²) in [5, 5.41) is 2.26. The summed E-state index contributed by atoms with van der Waals surface area (Å²) >= 11 is 0. The van der Waals surface area contributed by atoms with E-state index in [0.717, 1.165) is 46.2 Å². The van der Waals surface area contributed by atoms with Crippen molar-refractivity contribution < 1.29 is 28.8 Å². The first-order valence-electron chi connectivity index (χ1n) is 14.1. The number of nitrogens with zero attached hydrogens (tertiary/aromatic N) is 5. The first-order chi connectivity index (χ1) is 19.5. The van der Waals surface area contributed by atoms with Crippen molar-refractivity contribution in [2.45, 2.75) is 45.1 Å². The highest BCUT2D eigenvalue weighted by molar-refractivity contribution is 6.31. The highest BCUT2D eigenvalue weighted by Gasteiger charge is 2.63. The molecule has 4 heterocycles. The number of urea groups is 2. The van der Waals surface area contributed by atoms with E-state index in [0.29, 0.717) is 30.6 Å². The van der Waals surface area contributed by atoms with E-state index in [-0.39, 0.29) is 18.5 Å². The minimum absolute atomic E-state index is 0.0656. The van der Waals surface area contributed by atoms with Crippen molar-refractivity contribution in [2.24, 2.45) is 5.41 Å². The second-order valence-electron chi connectivity index (χ2n) is 11.4. The van der Waals surface area contributed by atoms with Gasteiger partial charge in [0.15, 0.2) is 5.41 Å². The van der Waals surface area contributed by atoms with Gasteiger partial charge in [-0.3, -0.25) is 39.2 Å². The number of hydrogen-bond acceptors (Lipinski definition) is 8. The van der Waals surface area contributed by atoms with Gasteiger partial charge in [-0.15, -0.1) is 0 Å². The Morgan fingerprint density at radius 2 is 1.66 bits per heavy atom. The van der Waals surface area contributed by atoms with Crippen LogP contribution in [0.3, 0.4) is 0 Å². The molecule has 3 fully saturated rings. The zero-order chi connectivity index (χ0) is 29.6. The van der Waals surface area contributed by atoms with Crippen molar-refractivity contribution in [3.63, 3.8) is 0 Å². The average Bonchev–Trinajstić information content (AvgIpc) is 2.95. The van der Waals surface area contributed by atoms with Gasteiger partial charge in [0, 0.05) is 46.0 Å². The fourth-order valence-electron chi connectivity index (χ4n) is 6.45. The molecular formula is C29H36N6O6. The van der Waals surface area contributed by atoms with Crippen LogP contribution in [0.1, 0.15) is 43.7 Å². The van der Waals surface area contributed by atoms with Gasteiger partial charge in [0.2, 0.25) is 11.8 Å². The number of unbranched alkanes of at least 4 members (excludes halogenated alkanes) is 3. The van der Waals surface area contributed by atoms with E-state index < -0.39 is 47.1 Å². The van der Waals surface area contributed by atoms with Crippen LogP contribution in [0.5, 0.6) is 0 Å². The van der Waals surface area contributed by atoms with E-state index >= 15 is 0 Å². The molecule has 0 bridgehead atoms. The number of likely N-dealkylation sites (N-methyl/N-ethyl adjacent to an activating group) is 1. The van der Waals surface area contributed by atoms with E-state index in [1.807, 2.05) is 13.1 Å². The molecule has 1 atom stereocenters. The number of anilines is 1. The summed E-state index contributed by atoms with van der Waals surface area (Å²) in [6, 6.07) is 3.57. The van der Waals surface area contributed by atoms with E-state index in [2.05, 4.69) is 22.0 Å². The number of nitrogens with one attached hydrogen (secondary N) is 1. The van der Waals surface area contributed by atoms with Gasteiger partial charge < -0.3 is 9.80 Å². The van der Waals surface area contributed by atoms with Crippen molar-refractivity contribution in [2.75, 3.05) is 52.2 Å². The van der Waals surface area contributed by atoms with Crippen molar-refractivity contribution in [1.29, 1.82) is 0 Å². The van der Waals surface area contributed by atoms with Crippen LogP contribution in [-0.4, -0.2) is 109 Å². The van der Waals surface area contributed by atoms with Crippen LogP contribution in [0.25, 0.3) is 6.08 Å². The lowest BCUT2D eigenvalue weighted by atomic mass is 9.67. The molecule has 1 aromatic rings. The van der Waals surface area contributed by atoms with Gasteiger partial charge in [-0.25, -0.2) is 9.59 Å². The molecule has 1 N–H and O–H groups in total. The lowest BCUT2D eigenvalue weighted by Crippen LogP contribution is -2.74. The molecule has 0 radical (unpaired) electrons. The second-order valence-corrected chi connectivity index (χ2v) is 11.4. The quantitative estimate of drug-likeness (QED) is 0.238. The predicted molar refractivity (Wildman–Crippen MR) is 150 cm³/mol. The maximum atomic E-state index is 13.8. The number of benzene rings is 1. The third-order valence-corrected chi connectivity index (χ3v) is 8.71. The number of piperazine rings is 1. The van der Waals surface area contributed by atoms with Gasteiger partial charge in [0.05, 0.1) is 6.04 Å². The molecule has 5 rings (SSSR count). The van der Waals surface area contributed by atoms with E-state index in [4.69, 9.17) is 0 Å². The van der Waals surface area contributed by atoms with Crippen LogP contribution in [0.15, 0.2) is 23.8 Å². The standard InChI is InChI=1S/C29H36N6O6/c1-5-6-7-8-11-35-24(37)20(23(36)30-27(35)40)15-18-9-10-21-19(14-18)16-29(22-17-31(2)12-13-34(21)22)25(38)32(3)28(41)33(4)26(29)39/h9-10,14-15,22H,5-8,11-13,16-17H2,1-4H3,(H,30,36,40). The zero-order valence-electron chi connectivity index (χ0n) is 23.9. The lowest BCUT2D eigenvalue weighted by molar-refractivity contribution is -0.160. The van der Waals surface area contributed by atoms with Gasteiger partial charge in [-0.1, -0.05) is 32.3 Å². The fraction of sp³-hybridized carbons (Fsp3) is 0.517. The molecule has 41 heavy (non-hydrogen) atoms. The maximum absolute atomic E-state index is 13.8. The Kier molecular flexibility index (Phi) is 7.45. The van der Waals surface area contributed by atoms with E-state index in [9.17, 15) is 28.8 Å². The summed E-state index contributed by atoms with van der Waals surface area (Å²) in [6.07, 6.45) is 5.02. The van der Waals surface area contributed by atoms with Gasteiger partial charge in [0.1, 0.15) is 5.57 Å². The van der Waals surface area contributed by atoms with Crippen molar-refractivity contribution >= 4 is 47.5 Å². The number of barbiturate groups is 2. The molecule has 3 saturated heterocycles. The predicted octanol–water partition coefficient (Wildman–Crippen LogP) is 1.44. The Morgan fingerprint density at radius 1 is 0.951 bits per heavy atom. The molecule has 8 amide bonds. The summed E-state index contributed by atoms with van der Waals surface area (Å²) < 4.78 is 0. The Labute approximate surface area is 238 Å². The SMILES string of the molecule is CCCCCCN1C(=O)NC(=O)C(=Cc2ccc3c(c2)CC2(C(=O)N(C)C(=O)N(C)C2=O)C2CN(C)CCN32)C1=O. The normalized spacial score (nSPS) is 23.9. The van der Waals surface area contributed by atoms with E-state index in [1.165, 1.54) is 20.2 Å². The smallest absolute Gasteiger partial charge is 0.332 e. The summed E-state index contributed by atoms with van der Waals surface area (Å²) in [4.78, 5) is 85.7. The van der Waals surface area contributed by atoms with Gasteiger partial charge >= 0.3 is 12.1 Å².